The third-order valence-corrected chi connectivity index (χ3v) is 5.54. The number of hydrogen-bond acceptors (Lipinski definition) is 5. The van der Waals surface area contributed by atoms with E-state index in [1.54, 1.807) is 12.1 Å². The molecule has 0 aliphatic carbocycles. The summed E-state index contributed by atoms with van der Waals surface area (Å²) >= 11 is 0. The molecule has 2 aromatic rings. The summed E-state index contributed by atoms with van der Waals surface area (Å²) in [6.45, 7) is 7.38. The Hall–Kier alpha value is -2.64. The molecule has 1 unspecified atom stereocenters. The molecule has 1 amide bonds. The average molecular weight is 431 g/mol. The minimum Gasteiger partial charge on any atom is -0.491 e. The fourth-order valence-corrected chi connectivity index (χ4v) is 3.99. The first-order chi connectivity index (χ1) is 14.6. The number of carbonyl (C=O) groups excluding carboxylic acids is 1. The van der Waals surface area contributed by atoms with Crippen LogP contribution < -0.4 is 15.4 Å². The molecule has 0 spiro atoms. The van der Waals surface area contributed by atoms with Gasteiger partial charge in [0.05, 0.1) is 31.4 Å². The molecular formula is C24H31FN2O4. The number of hydrogen-bond donors (Lipinski definition) is 4. The first-order valence-electron chi connectivity index (χ1n) is 10.5. The number of fused-ring (bicyclic) bond motifs is 1. The SMILES string of the molecule is CC(C)Oc1ccc(F)cc1C1CC(C)(C)c2cc(C(=O)NC(CO)CO)ccc2N1. The Morgan fingerprint density at radius 3 is 2.58 bits per heavy atom. The molecule has 31 heavy (non-hydrogen) atoms. The van der Waals surface area contributed by atoms with Crippen molar-refractivity contribution < 1.29 is 24.1 Å². The van der Waals surface area contributed by atoms with E-state index in [9.17, 15) is 19.4 Å². The van der Waals surface area contributed by atoms with Crippen LogP contribution in [0.4, 0.5) is 10.1 Å². The molecule has 0 aromatic heterocycles. The highest BCUT2D eigenvalue weighted by Gasteiger charge is 2.35. The lowest BCUT2D eigenvalue weighted by Crippen LogP contribution is -2.40. The quantitative estimate of drug-likeness (QED) is 0.540. The molecule has 0 saturated heterocycles. The van der Waals surface area contributed by atoms with Crippen molar-refractivity contribution in [2.24, 2.45) is 0 Å². The molecule has 1 atom stereocenters. The lowest BCUT2D eigenvalue weighted by atomic mass is 9.73. The third-order valence-electron chi connectivity index (χ3n) is 5.54. The van der Waals surface area contributed by atoms with E-state index in [4.69, 9.17) is 4.74 Å². The van der Waals surface area contributed by atoms with Crippen LogP contribution in [0, 0.1) is 5.82 Å². The minimum absolute atomic E-state index is 0.0316. The molecule has 0 saturated carbocycles. The van der Waals surface area contributed by atoms with E-state index in [0.29, 0.717) is 17.7 Å². The van der Waals surface area contributed by atoms with Gasteiger partial charge in [-0.2, -0.15) is 0 Å². The van der Waals surface area contributed by atoms with E-state index in [1.807, 2.05) is 26.0 Å². The summed E-state index contributed by atoms with van der Waals surface area (Å²) in [5.74, 6) is -0.0133. The Morgan fingerprint density at radius 2 is 1.94 bits per heavy atom. The Labute approximate surface area is 182 Å². The van der Waals surface area contributed by atoms with E-state index in [0.717, 1.165) is 16.8 Å². The van der Waals surface area contributed by atoms with Crippen molar-refractivity contribution in [2.75, 3.05) is 18.5 Å². The van der Waals surface area contributed by atoms with Gasteiger partial charge in [0.2, 0.25) is 0 Å². The van der Waals surface area contributed by atoms with Gasteiger partial charge in [-0.25, -0.2) is 4.39 Å². The number of benzene rings is 2. The molecule has 6 nitrogen and oxygen atoms in total. The van der Waals surface area contributed by atoms with Crippen LogP contribution in [0.1, 0.15) is 61.6 Å². The standard InChI is InChI=1S/C24H31FN2O4/c1-14(2)31-22-8-6-16(25)10-18(22)21-11-24(3,4)19-9-15(5-7-20(19)27-21)23(30)26-17(12-28)13-29/h5-10,14,17,21,27-29H,11-13H2,1-4H3,(H,26,30). The van der Waals surface area contributed by atoms with Crippen LogP contribution in [-0.2, 0) is 5.41 Å². The number of amides is 1. The molecule has 0 bridgehead atoms. The Bertz CT molecular complexity index is 941. The smallest absolute Gasteiger partial charge is 0.251 e. The molecule has 3 rings (SSSR count). The number of aliphatic hydroxyl groups is 2. The number of ether oxygens (including phenoxy) is 1. The summed E-state index contributed by atoms with van der Waals surface area (Å²) in [6, 6.07) is 9.10. The van der Waals surface area contributed by atoms with Gasteiger partial charge in [-0.05, 0) is 67.6 Å². The maximum Gasteiger partial charge on any atom is 0.251 e. The topological polar surface area (TPSA) is 90.8 Å². The van der Waals surface area contributed by atoms with E-state index >= 15 is 0 Å². The van der Waals surface area contributed by atoms with Gasteiger partial charge in [-0.1, -0.05) is 13.8 Å². The van der Waals surface area contributed by atoms with Crippen molar-refractivity contribution in [3.63, 3.8) is 0 Å². The third kappa shape index (κ3) is 5.17. The zero-order valence-electron chi connectivity index (χ0n) is 18.4. The lowest BCUT2D eigenvalue weighted by Gasteiger charge is -2.39. The van der Waals surface area contributed by atoms with Crippen LogP contribution in [0.15, 0.2) is 36.4 Å². The summed E-state index contributed by atoms with van der Waals surface area (Å²) < 4.78 is 20.0. The van der Waals surface area contributed by atoms with Crippen molar-refractivity contribution in [2.45, 2.75) is 57.7 Å². The summed E-state index contributed by atoms with van der Waals surface area (Å²) in [5.41, 5.74) is 2.77. The number of rotatable bonds is 7. The summed E-state index contributed by atoms with van der Waals surface area (Å²) in [4.78, 5) is 12.5. The highest BCUT2D eigenvalue weighted by atomic mass is 19.1. The van der Waals surface area contributed by atoms with E-state index < -0.39 is 6.04 Å². The maximum absolute atomic E-state index is 14.1. The van der Waals surface area contributed by atoms with Gasteiger partial charge >= 0.3 is 0 Å². The zero-order valence-corrected chi connectivity index (χ0v) is 18.4. The first kappa shape index (κ1) is 23.0. The highest BCUT2D eigenvalue weighted by molar-refractivity contribution is 5.95. The second-order valence-electron chi connectivity index (χ2n) is 8.93. The molecule has 2 aromatic carbocycles. The second kappa shape index (κ2) is 9.24. The predicted molar refractivity (Wildman–Crippen MR) is 118 cm³/mol. The van der Waals surface area contributed by atoms with Gasteiger partial charge < -0.3 is 25.6 Å². The van der Waals surface area contributed by atoms with E-state index in [2.05, 4.69) is 24.5 Å². The van der Waals surface area contributed by atoms with Crippen LogP contribution in [0.25, 0.3) is 0 Å². The van der Waals surface area contributed by atoms with Crippen molar-refractivity contribution >= 4 is 11.6 Å². The van der Waals surface area contributed by atoms with Crippen molar-refractivity contribution in [1.29, 1.82) is 0 Å². The molecule has 1 heterocycles. The predicted octanol–water partition coefficient (Wildman–Crippen LogP) is 3.53. The molecular weight excluding hydrogens is 399 g/mol. The van der Waals surface area contributed by atoms with Gasteiger partial charge in [0.1, 0.15) is 11.6 Å². The first-order valence-corrected chi connectivity index (χ1v) is 10.5. The van der Waals surface area contributed by atoms with Crippen molar-refractivity contribution in [1.82, 2.24) is 5.32 Å². The minimum atomic E-state index is -0.702. The van der Waals surface area contributed by atoms with E-state index in [1.165, 1.54) is 12.1 Å². The summed E-state index contributed by atoms with van der Waals surface area (Å²) in [7, 11) is 0. The van der Waals surface area contributed by atoms with Gasteiger partial charge in [0.25, 0.3) is 5.91 Å². The second-order valence-corrected chi connectivity index (χ2v) is 8.93. The number of halogens is 1. The van der Waals surface area contributed by atoms with Crippen molar-refractivity contribution in [3.8, 4) is 5.75 Å². The highest BCUT2D eigenvalue weighted by Crippen LogP contribution is 2.46. The molecule has 0 fully saturated rings. The molecule has 4 N–H and O–H groups in total. The molecule has 1 aliphatic rings. The summed E-state index contributed by atoms with van der Waals surface area (Å²) in [6.07, 6.45) is 0.648. The fourth-order valence-electron chi connectivity index (χ4n) is 3.99. The molecule has 1 aliphatic heterocycles. The Kier molecular flexibility index (Phi) is 6.86. The van der Waals surface area contributed by atoms with Gasteiger partial charge in [0, 0.05) is 16.8 Å². The monoisotopic (exact) mass is 430 g/mol. The van der Waals surface area contributed by atoms with E-state index in [-0.39, 0.29) is 42.5 Å². The number of carbonyl (C=O) groups is 1. The average Bonchev–Trinajstić information content (AvgIpc) is 2.72. The molecule has 0 radical (unpaired) electrons. The zero-order chi connectivity index (χ0) is 22.8. The van der Waals surface area contributed by atoms with Gasteiger partial charge in [-0.3, -0.25) is 4.79 Å². The maximum atomic E-state index is 14.1. The number of nitrogens with one attached hydrogen (secondary N) is 2. The molecule has 168 valence electrons. The van der Waals surface area contributed by atoms with Crippen LogP contribution in [0.3, 0.4) is 0 Å². The number of aliphatic hydroxyl groups excluding tert-OH is 2. The van der Waals surface area contributed by atoms with Gasteiger partial charge in [-0.15, -0.1) is 0 Å². The Morgan fingerprint density at radius 1 is 1.23 bits per heavy atom. The Balaban J connectivity index is 1.92. The lowest BCUT2D eigenvalue weighted by molar-refractivity contribution is 0.0879. The van der Waals surface area contributed by atoms with Crippen LogP contribution >= 0.6 is 0 Å². The number of anilines is 1. The molecule has 7 heteroatoms. The van der Waals surface area contributed by atoms with Crippen molar-refractivity contribution in [3.05, 3.63) is 58.9 Å². The van der Waals surface area contributed by atoms with Crippen LogP contribution in [-0.4, -0.2) is 41.5 Å². The van der Waals surface area contributed by atoms with Gasteiger partial charge in [0.15, 0.2) is 0 Å². The fraction of sp³-hybridized carbons (Fsp3) is 0.458. The normalized spacial score (nSPS) is 17.3. The largest absolute Gasteiger partial charge is 0.491 e. The van der Waals surface area contributed by atoms with Crippen LogP contribution in [0.5, 0.6) is 5.75 Å². The van der Waals surface area contributed by atoms with Crippen LogP contribution in [0.2, 0.25) is 0 Å². The summed E-state index contributed by atoms with van der Waals surface area (Å²) in [5, 5.41) is 24.5.